The van der Waals surface area contributed by atoms with Crippen molar-refractivity contribution in [2.75, 3.05) is 19.8 Å². The first kappa shape index (κ1) is 20.4. The monoisotopic (exact) mass is 323 g/mol. The molecule has 8 heteroatoms. The second-order valence-electron chi connectivity index (χ2n) is 5.66. The number of ether oxygens (including phenoxy) is 2. The molecule has 0 radical (unpaired) electrons. The Bertz CT molecular complexity index is 353. The molecule has 2 N–H and O–H groups in total. The van der Waals surface area contributed by atoms with Gasteiger partial charge in [0.2, 0.25) is 8.46 Å². The first-order chi connectivity index (χ1) is 9.58. The fourth-order valence-corrected chi connectivity index (χ4v) is 2.24. The van der Waals surface area contributed by atoms with Crippen LogP contribution in [0.5, 0.6) is 0 Å². The fraction of sp³-hybridized carbons (Fsp3) is 0.923. The van der Waals surface area contributed by atoms with Crippen LogP contribution in [0.25, 0.3) is 0 Å². The normalized spacial score (nSPS) is 13.6. The minimum Gasteiger partial charge on any atom is -0.479 e. The predicted molar refractivity (Wildman–Crippen MR) is 78.2 cm³/mol. The maximum atomic E-state index is 11.6. The van der Waals surface area contributed by atoms with Crippen molar-refractivity contribution in [3.05, 3.63) is 0 Å². The molecule has 0 rings (SSSR count). The van der Waals surface area contributed by atoms with Crippen LogP contribution >= 0.6 is 8.46 Å². The SMILES string of the molecule is CCOC(OCC)(P=O)C(C)(C)CNOC(C)(C)C(=O)O. The van der Waals surface area contributed by atoms with Gasteiger partial charge in [0.25, 0.3) is 5.53 Å². The van der Waals surface area contributed by atoms with Crippen molar-refractivity contribution in [3.63, 3.8) is 0 Å². The van der Waals surface area contributed by atoms with Gasteiger partial charge < -0.3 is 14.6 Å². The molecule has 0 aliphatic heterocycles. The lowest BCUT2D eigenvalue weighted by atomic mass is 9.92. The highest BCUT2D eigenvalue weighted by Crippen LogP contribution is 2.43. The molecule has 0 bridgehead atoms. The molecular formula is C13H26NO6P. The maximum absolute atomic E-state index is 11.6. The fourth-order valence-electron chi connectivity index (χ4n) is 1.55. The summed E-state index contributed by atoms with van der Waals surface area (Å²) >= 11 is 0. The van der Waals surface area contributed by atoms with Crippen molar-refractivity contribution >= 4 is 14.4 Å². The van der Waals surface area contributed by atoms with Crippen LogP contribution in [0.3, 0.4) is 0 Å². The lowest BCUT2D eigenvalue weighted by Crippen LogP contribution is -2.51. The zero-order chi connectivity index (χ0) is 16.7. The van der Waals surface area contributed by atoms with E-state index in [1.807, 2.05) is 0 Å². The van der Waals surface area contributed by atoms with E-state index < -0.39 is 22.5 Å². The number of carbonyl (C=O) groups is 1. The smallest absolute Gasteiger partial charge is 0.337 e. The van der Waals surface area contributed by atoms with Gasteiger partial charge in [-0.2, -0.15) is 0 Å². The standard InChI is InChI=1S/C13H26NO6P/c1-7-18-13(21-17,19-8-2)11(3,4)9-14-20-12(5,6)10(15)16/h14H,7-9H2,1-6H3,(H,15,16). The summed E-state index contributed by atoms with van der Waals surface area (Å²) < 4.78 is 22.7. The summed E-state index contributed by atoms with van der Waals surface area (Å²) in [6.45, 7) is 10.9. The van der Waals surface area contributed by atoms with Crippen LogP contribution < -0.4 is 5.48 Å². The highest BCUT2D eigenvalue weighted by Gasteiger charge is 2.49. The number of carboxylic acid groups (broad SMARTS) is 1. The molecule has 0 amide bonds. The largest absolute Gasteiger partial charge is 0.479 e. The van der Waals surface area contributed by atoms with Crippen LogP contribution in [-0.4, -0.2) is 42.0 Å². The number of carboxylic acids is 1. The van der Waals surface area contributed by atoms with Crippen molar-refractivity contribution in [1.82, 2.24) is 5.48 Å². The number of hydrogen-bond acceptors (Lipinski definition) is 6. The van der Waals surface area contributed by atoms with Crippen LogP contribution in [0.2, 0.25) is 0 Å². The molecule has 0 aliphatic rings. The first-order valence-electron chi connectivity index (χ1n) is 6.85. The molecule has 21 heavy (non-hydrogen) atoms. The average Bonchev–Trinajstić information content (AvgIpc) is 2.37. The Kier molecular flexibility index (Phi) is 7.92. The van der Waals surface area contributed by atoms with Crippen LogP contribution in [0.4, 0.5) is 0 Å². The van der Waals surface area contributed by atoms with Crippen molar-refractivity contribution in [2.45, 2.75) is 52.7 Å². The van der Waals surface area contributed by atoms with Crippen LogP contribution in [-0.2, 0) is 23.7 Å². The molecule has 0 saturated heterocycles. The van der Waals surface area contributed by atoms with E-state index in [1.165, 1.54) is 13.8 Å². The molecule has 0 unspecified atom stereocenters. The lowest BCUT2D eigenvalue weighted by molar-refractivity contribution is -0.235. The van der Waals surface area contributed by atoms with E-state index in [2.05, 4.69) is 5.48 Å². The Balaban J connectivity index is 4.91. The number of hydroxylamine groups is 1. The molecule has 7 nitrogen and oxygen atoms in total. The number of nitrogens with one attached hydrogen (secondary N) is 1. The minimum atomic E-state index is -1.37. The Morgan fingerprint density at radius 3 is 1.95 bits per heavy atom. The van der Waals surface area contributed by atoms with Crippen molar-refractivity contribution in [3.8, 4) is 0 Å². The zero-order valence-electron chi connectivity index (χ0n) is 13.6. The molecule has 124 valence electrons. The Morgan fingerprint density at radius 2 is 1.62 bits per heavy atom. The van der Waals surface area contributed by atoms with Crippen LogP contribution in [0.15, 0.2) is 0 Å². The third-order valence-corrected chi connectivity index (χ3v) is 4.12. The van der Waals surface area contributed by atoms with Gasteiger partial charge in [0, 0.05) is 25.2 Å². The van der Waals surface area contributed by atoms with E-state index in [0.29, 0.717) is 13.2 Å². The van der Waals surface area contributed by atoms with Gasteiger partial charge in [-0.05, 0) is 27.7 Å². The van der Waals surface area contributed by atoms with E-state index in [9.17, 15) is 9.36 Å². The summed E-state index contributed by atoms with van der Waals surface area (Å²) in [5, 5.41) is 8.98. The molecule has 0 fully saturated rings. The van der Waals surface area contributed by atoms with E-state index in [1.54, 1.807) is 27.7 Å². The predicted octanol–water partition coefficient (Wildman–Crippen LogP) is 2.42. The summed E-state index contributed by atoms with van der Waals surface area (Å²) in [5.41, 5.74) is -0.795. The van der Waals surface area contributed by atoms with Gasteiger partial charge >= 0.3 is 5.97 Å². The van der Waals surface area contributed by atoms with Gasteiger partial charge in [-0.1, -0.05) is 13.8 Å². The third kappa shape index (κ3) is 5.27. The van der Waals surface area contributed by atoms with Gasteiger partial charge in [-0.25, -0.2) is 10.3 Å². The number of hydrogen-bond donors (Lipinski definition) is 2. The molecule has 0 spiro atoms. The third-order valence-electron chi connectivity index (χ3n) is 3.01. The summed E-state index contributed by atoms with van der Waals surface area (Å²) in [5.74, 6) is -1.09. The van der Waals surface area contributed by atoms with Crippen molar-refractivity contribution < 1.29 is 28.8 Å². The first-order valence-corrected chi connectivity index (χ1v) is 7.66. The minimum absolute atomic E-state index is 0.193. The zero-order valence-corrected chi connectivity index (χ0v) is 14.5. The van der Waals surface area contributed by atoms with E-state index in [4.69, 9.17) is 19.4 Å². The van der Waals surface area contributed by atoms with Gasteiger partial charge in [0.15, 0.2) is 5.60 Å². The van der Waals surface area contributed by atoms with Gasteiger partial charge in [-0.15, -0.1) is 0 Å². The van der Waals surface area contributed by atoms with E-state index >= 15 is 0 Å². The molecule has 0 aromatic rings. The summed E-state index contributed by atoms with van der Waals surface area (Å²) in [6, 6.07) is 0. The number of rotatable bonds is 11. The molecule has 0 aromatic heterocycles. The Labute approximate surface area is 127 Å². The maximum Gasteiger partial charge on any atom is 0.337 e. The molecular weight excluding hydrogens is 297 g/mol. The number of aliphatic carboxylic acids is 1. The second kappa shape index (κ2) is 8.15. The lowest BCUT2D eigenvalue weighted by Gasteiger charge is -2.40. The van der Waals surface area contributed by atoms with Crippen LogP contribution in [0, 0.1) is 5.41 Å². The highest BCUT2D eigenvalue weighted by molar-refractivity contribution is 7.25. The van der Waals surface area contributed by atoms with Crippen molar-refractivity contribution in [1.29, 1.82) is 0 Å². The summed E-state index contributed by atoms with van der Waals surface area (Å²) in [6.07, 6.45) is 0. The topological polar surface area (TPSA) is 94.1 Å². The molecule has 0 aromatic carbocycles. The van der Waals surface area contributed by atoms with Crippen molar-refractivity contribution in [2.24, 2.45) is 5.41 Å². The molecule has 0 saturated carbocycles. The van der Waals surface area contributed by atoms with E-state index in [-0.39, 0.29) is 15.0 Å². The average molecular weight is 323 g/mol. The quantitative estimate of drug-likeness (QED) is 0.342. The van der Waals surface area contributed by atoms with E-state index in [0.717, 1.165) is 0 Å². The summed E-state index contributed by atoms with van der Waals surface area (Å²) in [7, 11) is -0.299. The Morgan fingerprint density at radius 1 is 1.14 bits per heavy atom. The second-order valence-corrected chi connectivity index (χ2v) is 6.43. The van der Waals surface area contributed by atoms with Gasteiger partial charge in [0.1, 0.15) is 0 Å². The van der Waals surface area contributed by atoms with Gasteiger partial charge in [0.05, 0.1) is 0 Å². The highest BCUT2D eigenvalue weighted by atomic mass is 31.1. The molecule has 0 heterocycles. The molecule has 0 aliphatic carbocycles. The summed E-state index contributed by atoms with van der Waals surface area (Å²) in [4.78, 5) is 16.1. The van der Waals surface area contributed by atoms with Crippen LogP contribution in [0.1, 0.15) is 41.5 Å². The Hall–Kier alpha value is -0.590. The van der Waals surface area contributed by atoms with Gasteiger partial charge in [-0.3, -0.25) is 9.40 Å². The molecule has 0 atom stereocenters.